The number of hydrogen-bond acceptors (Lipinski definition) is 4. The maximum atomic E-state index is 12.4. The zero-order chi connectivity index (χ0) is 18.3. The number of aromatic nitrogens is 3. The van der Waals surface area contributed by atoms with E-state index in [-0.39, 0.29) is 30.2 Å². The number of carbonyl (C=O) groups excluding carboxylic acids is 1. The maximum Gasteiger partial charge on any atom is 0.350 e. The zero-order valence-electron chi connectivity index (χ0n) is 14.7. The molecule has 0 saturated carbocycles. The molecule has 0 atom stereocenters. The van der Waals surface area contributed by atoms with E-state index in [1.165, 1.54) is 9.08 Å². The molecule has 0 aliphatic carbocycles. The second-order valence-corrected chi connectivity index (χ2v) is 7.07. The van der Waals surface area contributed by atoms with E-state index >= 15 is 0 Å². The number of benzene rings is 1. The highest BCUT2D eigenvalue weighted by Crippen LogP contribution is 2.40. The molecule has 7 nitrogen and oxygen atoms in total. The topological polar surface area (TPSA) is 77.6 Å². The van der Waals surface area contributed by atoms with Crippen LogP contribution in [-0.2, 0) is 17.8 Å². The van der Waals surface area contributed by atoms with Crippen LogP contribution in [0.25, 0.3) is 5.65 Å². The molecule has 1 aromatic carbocycles. The molecule has 3 aromatic rings. The molecule has 0 unspecified atom stereocenters. The van der Waals surface area contributed by atoms with E-state index in [0.717, 1.165) is 17.7 Å². The van der Waals surface area contributed by atoms with E-state index in [1.807, 2.05) is 38.1 Å². The molecular formula is C19H20N4O3. The molecule has 1 amide bonds. The molecule has 0 saturated heterocycles. The summed E-state index contributed by atoms with van der Waals surface area (Å²) < 4.78 is 8.73. The summed E-state index contributed by atoms with van der Waals surface area (Å²) in [6.07, 6.45) is 2.62. The summed E-state index contributed by atoms with van der Waals surface area (Å²) in [4.78, 5) is 24.6. The number of pyridine rings is 1. The fourth-order valence-corrected chi connectivity index (χ4v) is 3.25. The molecule has 3 heterocycles. The number of anilines is 1. The lowest BCUT2D eigenvalue weighted by atomic mass is 10.0. The second kappa shape index (κ2) is 6.01. The Morgan fingerprint density at radius 3 is 2.92 bits per heavy atom. The van der Waals surface area contributed by atoms with Gasteiger partial charge in [0.1, 0.15) is 11.4 Å². The number of rotatable bonds is 4. The Hall–Kier alpha value is -3.09. The lowest BCUT2D eigenvalue weighted by Crippen LogP contribution is -2.25. The van der Waals surface area contributed by atoms with E-state index in [9.17, 15) is 9.59 Å². The Bertz CT molecular complexity index is 1050. The third-order valence-electron chi connectivity index (χ3n) is 4.40. The second-order valence-electron chi connectivity index (χ2n) is 7.07. The zero-order valence-corrected chi connectivity index (χ0v) is 14.7. The molecule has 0 radical (unpaired) electrons. The van der Waals surface area contributed by atoms with Crippen LogP contribution in [0.4, 0.5) is 5.69 Å². The van der Waals surface area contributed by atoms with Crippen LogP contribution in [0.2, 0.25) is 0 Å². The summed E-state index contributed by atoms with van der Waals surface area (Å²) in [7, 11) is 0. The standard InChI is InChI=1S/C19H20N4O3/c1-19(2)12-13-6-5-7-14(17(13)26-19)20-16(24)9-11-23-18(25)22-10-4-3-8-15(22)21-23/h3-8,10H,9,11-12H2,1-2H3,(H,20,24). The van der Waals surface area contributed by atoms with Gasteiger partial charge in [-0.3, -0.25) is 9.20 Å². The maximum absolute atomic E-state index is 12.4. The lowest BCUT2D eigenvalue weighted by Gasteiger charge is -2.18. The normalized spacial score (nSPS) is 14.8. The predicted molar refractivity (Wildman–Crippen MR) is 97.6 cm³/mol. The summed E-state index contributed by atoms with van der Waals surface area (Å²) in [5.41, 5.74) is 1.80. The van der Waals surface area contributed by atoms with Gasteiger partial charge in [-0.15, -0.1) is 5.10 Å². The van der Waals surface area contributed by atoms with Gasteiger partial charge in [-0.05, 0) is 32.0 Å². The summed E-state index contributed by atoms with van der Waals surface area (Å²) in [6, 6.07) is 11.1. The quantitative estimate of drug-likeness (QED) is 0.781. The average Bonchev–Trinajstić information content (AvgIpc) is 3.09. The summed E-state index contributed by atoms with van der Waals surface area (Å²) in [5.74, 6) is 0.548. The molecule has 1 aliphatic rings. The molecule has 4 rings (SSSR count). The Balaban J connectivity index is 1.46. The van der Waals surface area contributed by atoms with Crippen LogP contribution in [-0.4, -0.2) is 25.7 Å². The van der Waals surface area contributed by atoms with Gasteiger partial charge in [-0.1, -0.05) is 18.2 Å². The Labute approximate surface area is 150 Å². The van der Waals surface area contributed by atoms with Crippen LogP contribution >= 0.6 is 0 Å². The molecule has 1 aliphatic heterocycles. The minimum Gasteiger partial charge on any atom is -0.485 e. The van der Waals surface area contributed by atoms with Crippen molar-refractivity contribution in [2.45, 2.75) is 38.8 Å². The molecule has 0 fully saturated rings. The van der Waals surface area contributed by atoms with Gasteiger partial charge in [-0.25, -0.2) is 9.48 Å². The molecule has 26 heavy (non-hydrogen) atoms. The fourth-order valence-electron chi connectivity index (χ4n) is 3.25. The molecule has 2 aromatic heterocycles. The molecule has 0 spiro atoms. The Morgan fingerprint density at radius 2 is 2.12 bits per heavy atom. The summed E-state index contributed by atoms with van der Waals surface area (Å²) in [6.45, 7) is 4.26. The smallest absolute Gasteiger partial charge is 0.350 e. The number of ether oxygens (including phenoxy) is 1. The highest BCUT2D eigenvalue weighted by molar-refractivity contribution is 5.92. The van der Waals surface area contributed by atoms with Crippen molar-refractivity contribution in [3.63, 3.8) is 0 Å². The molecule has 7 heteroatoms. The van der Waals surface area contributed by atoms with Crippen LogP contribution in [0.15, 0.2) is 47.4 Å². The van der Waals surface area contributed by atoms with Gasteiger partial charge < -0.3 is 10.1 Å². The van der Waals surface area contributed by atoms with Crippen molar-refractivity contribution in [2.24, 2.45) is 0 Å². The third-order valence-corrected chi connectivity index (χ3v) is 4.40. The number of fused-ring (bicyclic) bond motifs is 2. The van der Waals surface area contributed by atoms with Crippen molar-refractivity contribution in [1.82, 2.24) is 14.2 Å². The van der Waals surface area contributed by atoms with E-state index < -0.39 is 0 Å². The van der Waals surface area contributed by atoms with Gasteiger partial charge in [0.05, 0.1) is 12.2 Å². The Morgan fingerprint density at radius 1 is 1.27 bits per heavy atom. The van der Waals surface area contributed by atoms with Gasteiger partial charge in [0, 0.05) is 24.6 Å². The minimum absolute atomic E-state index is 0.150. The number of aryl methyl sites for hydroxylation is 1. The first-order chi connectivity index (χ1) is 12.4. The van der Waals surface area contributed by atoms with Gasteiger partial charge in [0.15, 0.2) is 5.65 Å². The average molecular weight is 352 g/mol. The van der Waals surface area contributed by atoms with Crippen LogP contribution < -0.4 is 15.7 Å². The number of para-hydroxylation sites is 1. The van der Waals surface area contributed by atoms with Crippen LogP contribution in [0, 0.1) is 0 Å². The highest BCUT2D eigenvalue weighted by atomic mass is 16.5. The number of amides is 1. The first kappa shape index (κ1) is 16.4. The number of carbonyl (C=O) groups is 1. The Kier molecular flexibility index (Phi) is 3.79. The lowest BCUT2D eigenvalue weighted by molar-refractivity contribution is -0.116. The highest BCUT2D eigenvalue weighted by Gasteiger charge is 2.31. The number of nitrogens with zero attached hydrogens (tertiary/aromatic N) is 3. The number of hydrogen-bond donors (Lipinski definition) is 1. The van der Waals surface area contributed by atoms with Crippen molar-refractivity contribution in [2.75, 3.05) is 5.32 Å². The van der Waals surface area contributed by atoms with Gasteiger partial charge in [0.2, 0.25) is 5.91 Å². The van der Waals surface area contributed by atoms with Crippen LogP contribution in [0.3, 0.4) is 0 Å². The van der Waals surface area contributed by atoms with Crippen molar-refractivity contribution >= 4 is 17.2 Å². The fraction of sp³-hybridized carbons (Fsp3) is 0.316. The molecular weight excluding hydrogens is 332 g/mol. The van der Waals surface area contributed by atoms with Crippen molar-refractivity contribution in [3.8, 4) is 5.75 Å². The van der Waals surface area contributed by atoms with Crippen LogP contribution in [0.1, 0.15) is 25.8 Å². The van der Waals surface area contributed by atoms with Gasteiger partial charge >= 0.3 is 5.69 Å². The van der Waals surface area contributed by atoms with Gasteiger partial charge in [0.25, 0.3) is 0 Å². The van der Waals surface area contributed by atoms with Crippen molar-refractivity contribution in [1.29, 1.82) is 0 Å². The van der Waals surface area contributed by atoms with Crippen molar-refractivity contribution in [3.05, 3.63) is 58.6 Å². The first-order valence-electron chi connectivity index (χ1n) is 8.58. The van der Waals surface area contributed by atoms with Gasteiger partial charge in [-0.2, -0.15) is 0 Å². The van der Waals surface area contributed by atoms with Crippen molar-refractivity contribution < 1.29 is 9.53 Å². The number of nitrogens with one attached hydrogen (secondary N) is 1. The largest absolute Gasteiger partial charge is 0.485 e. The monoisotopic (exact) mass is 352 g/mol. The summed E-state index contributed by atoms with van der Waals surface area (Å²) >= 11 is 0. The molecule has 1 N–H and O–H groups in total. The molecule has 134 valence electrons. The van der Waals surface area contributed by atoms with Crippen LogP contribution in [0.5, 0.6) is 5.75 Å². The predicted octanol–water partition coefficient (Wildman–Crippen LogP) is 2.24. The van der Waals surface area contributed by atoms with E-state index in [1.54, 1.807) is 18.3 Å². The van der Waals surface area contributed by atoms with E-state index in [4.69, 9.17) is 4.74 Å². The van der Waals surface area contributed by atoms with E-state index in [2.05, 4.69) is 10.4 Å². The summed E-state index contributed by atoms with van der Waals surface area (Å²) in [5, 5.41) is 7.12. The SMILES string of the molecule is CC1(C)Cc2cccc(NC(=O)CCn3nc4ccccn4c3=O)c2O1. The van der Waals surface area contributed by atoms with E-state index in [0.29, 0.717) is 11.3 Å². The third kappa shape index (κ3) is 2.96. The minimum atomic E-state index is -0.271. The first-order valence-corrected chi connectivity index (χ1v) is 8.58. The molecule has 0 bridgehead atoms.